The van der Waals surface area contributed by atoms with Crippen LogP contribution in [0.3, 0.4) is 0 Å². The topological polar surface area (TPSA) is 96.5 Å². The van der Waals surface area contributed by atoms with Gasteiger partial charge in [-0.05, 0) is 41.1 Å². The zero-order valence-electron chi connectivity index (χ0n) is 17.3. The molecule has 0 bridgehead atoms. The maximum absolute atomic E-state index is 13.3. The Labute approximate surface area is 182 Å². The normalized spacial score (nSPS) is 18.5. The summed E-state index contributed by atoms with van der Waals surface area (Å²) in [6.07, 6.45) is 0.573. The van der Waals surface area contributed by atoms with Crippen LogP contribution in [0.15, 0.2) is 29.6 Å². The first kappa shape index (κ1) is 20.9. The SMILES string of the molecule is COc1cc2c(cc1OC)[C@H](c1cccs1)N(C(=O)CN1C(=O)C(=O)N(C)C1=O)CC2. The maximum atomic E-state index is 13.3. The van der Waals surface area contributed by atoms with Crippen LogP contribution in [0.1, 0.15) is 22.0 Å². The number of carbonyl (C=O) groups is 4. The Hall–Kier alpha value is -3.40. The van der Waals surface area contributed by atoms with E-state index in [1.54, 1.807) is 19.1 Å². The maximum Gasteiger partial charge on any atom is 0.334 e. The fourth-order valence-corrected chi connectivity index (χ4v) is 4.80. The quantitative estimate of drug-likeness (QED) is 0.515. The zero-order valence-corrected chi connectivity index (χ0v) is 18.1. The van der Waals surface area contributed by atoms with Gasteiger partial charge in [0.1, 0.15) is 6.54 Å². The molecule has 1 fully saturated rings. The van der Waals surface area contributed by atoms with Gasteiger partial charge in [-0.3, -0.25) is 19.3 Å². The zero-order chi connectivity index (χ0) is 22.3. The van der Waals surface area contributed by atoms with Crippen molar-refractivity contribution >= 4 is 35.1 Å². The number of benzene rings is 1. The Morgan fingerprint density at radius 1 is 1.13 bits per heavy atom. The van der Waals surface area contributed by atoms with E-state index < -0.39 is 36.3 Å². The number of fused-ring (bicyclic) bond motifs is 1. The van der Waals surface area contributed by atoms with Crippen LogP contribution in [-0.2, 0) is 20.8 Å². The van der Waals surface area contributed by atoms with E-state index in [4.69, 9.17) is 9.47 Å². The molecule has 2 aliphatic heterocycles. The number of rotatable bonds is 5. The second-order valence-corrected chi connectivity index (χ2v) is 8.18. The number of imide groups is 2. The van der Waals surface area contributed by atoms with E-state index in [0.29, 0.717) is 29.4 Å². The molecule has 0 unspecified atom stereocenters. The lowest BCUT2D eigenvalue weighted by molar-refractivity contribution is -0.145. The van der Waals surface area contributed by atoms with Crippen molar-refractivity contribution in [3.05, 3.63) is 45.6 Å². The fraction of sp³-hybridized carbons (Fsp3) is 0.333. The molecular formula is C21H21N3O6S. The third-order valence-corrected chi connectivity index (χ3v) is 6.48. The van der Waals surface area contributed by atoms with Gasteiger partial charge in [-0.15, -0.1) is 11.3 Å². The number of urea groups is 1. The summed E-state index contributed by atoms with van der Waals surface area (Å²) in [5.41, 5.74) is 1.93. The molecule has 0 spiro atoms. The molecule has 0 radical (unpaired) electrons. The molecule has 10 heteroatoms. The lowest BCUT2D eigenvalue weighted by atomic mass is 9.90. The molecule has 1 saturated heterocycles. The second kappa shape index (κ2) is 8.03. The summed E-state index contributed by atoms with van der Waals surface area (Å²) in [7, 11) is 4.34. The van der Waals surface area contributed by atoms with Gasteiger partial charge in [0.25, 0.3) is 0 Å². The highest BCUT2D eigenvalue weighted by Gasteiger charge is 2.44. The standard InChI is InChI=1S/C21H21N3O6S/c1-22-19(26)20(27)24(21(22)28)11-17(25)23-7-6-12-9-14(29-2)15(30-3)10-13(12)18(23)16-5-4-8-31-16/h4-5,8-10,18H,6-7,11H2,1-3H3/t18-/m1/s1. The largest absolute Gasteiger partial charge is 0.493 e. The van der Waals surface area contributed by atoms with Crippen LogP contribution in [0.25, 0.3) is 0 Å². The molecule has 0 saturated carbocycles. The average Bonchev–Trinajstić information content (AvgIpc) is 3.38. The number of thiophene rings is 1. The van der Waals surface area contributed by atoms with Crippen molar-refractivity contribution in [3.8, 4) is 11.5 Å². The van der Waals surface area contributed by atoms with Gasteiger partial charge in [0.05, 0.1) is 20.3 Å². The minimum absolute atomic E-state index is 0.393. The van der Waals surface area contributed by atoms with Gasteiger partial charge < -0.3 is 14.4 Å². The van der Waals surface area contributed by atoms with Crippen LogP contribution in [0, 0.1) is 0 Å². The first-order valence-corrected chi connectivity index (χ1v) is 10.5. The first-order valence-electron chi connectivity index (χ1n) is 9.58. The third-order valence-electron chi connectivity index (χ3n) is 5.55. The number of hydrogen-bond acceptors (Lipinski definition) is 7. The molecule has 5 amide bonds. The Morgan fingerprint density at radius 2 is 1.84 bits per heavy atom. The van der Waals surface area contributed by atoms with Gasteiger partial charge in [-0.1, -0.05) is 6.07 Å². The van der Waals surface area contributed by atoms with E-state index in [0.717, 1.165) is 20.9 Å². The van der Waals surface area contributed by atoms with Crippen molar-refractivity contribution in [2.24, 2.45) is 0 Å². The Bertz CT molecular complexity index is 1070. The minimum Gasteiger partial charge on any atom is -0.493 e. The Morgan fingerprint density at radius 3 is 2.42 bits per heavy atom. The molecule has 0 N–H and O–H groups in total. The summed E-state index contributed by atoms with van der Waals surface area (Å²) in [6.45, 7) is -0.0951. The molecule has 162 valence electrons. The van der Waals surface area contributed by atoms with Crippen LogP contribution in [0.4, 0.5) is 4.79 Å². The number of amides is 5. The number of ether oxygens (including phenoxy) is 2. The van der Waals surface area contributed by atoms with E-state index in [1.165, 1.54) is 18.4 Å². The first-order chi connectivity index (χ1) is 14.9. The van der Waals surface area contributed by atoms with Crippen molar-refractivity contribution in [2.45, 2.75) is 12.5 Å². The van der Waals surface area contributed by atoms with Crippen molar-refractivity contribution in [1.82, 2.24) is 14.7 Å². The van der Waals surface area contributed by atoms with Crippen LogP contribution in [0.2, 0.25) is 0 Å². The molecule has 2 aliphatic rings. The van der Waals surface area contributed by atoms with Gasteiger partial charge >= 0.3 is 17.8 Å². The van der Waals surface area contributed by atoms with Crippen molar-refractivity contribution < 1.29 is 28.7 Å². The van der Waals surface area contributed by atoms with Crippen LogP contribution < -0.4 is 9.47 Å². The fourth-order valence-electron chi connectivity index (χ4n) is 3.95. The minimum atomic E-state index is -0.989. The Balaban J connectivity index is 1.70. The van der Waals surface area contributed by atoms with Gasteiger partial charge in [0.15, 0.2) is 11.5 Å². The summed E-state index contributed by atoms with van der Waals surface area (Å²) < 4.78 is 10.9. The summed E-state index contributed by atoms with van der Waals surface area (Å²) in [6, 6.07) is 6.42. The van der Waals surface area contributed by atoms with Crippen molar-refractivity contribution in [1.29, 1.82) is 0 Å². The van der Waals surface area contributed by atoms with Gasteiger partial charge in [0, 0.05) is 18.5 Å². The average molecular weight is 443 g/mol. The number of nitrogens with zero attached hydrogens (tertiary/aromatic N) is 3. The number of methoxy groups -OCH3 is 2. The monoisotopic (exact) mass is 443 g/mol. The highest BCUT2D eigenvalue weighted by atomic mass is 32.1. The number of hydrogen-bond donors (Lipinski definition) is 0. The molecule has 9 nitrogen and oxygen atoms in total. The van der Waals surface area contributed by atoms with E-state index in [-0.39, 0.29) is 0 Å². The summed E-state index contributed by atoms with van der Waals surface area (Å²) >= 11 is 1.51. The predicted octanol–water partition coefficient (Wildman–Crippen LogP) is 1.66. The van der Waals surface area contributed by atoms with Gasteiger partial charge in [-0.25, -0.2) is 9.69 Å². The molecule has 1 aromatic heterocycles. The van der Waals surface area contributed by atoms with E-state index in [2.05, 4.69) is 0 Å². The van der Waals surface area contributed by atoms with E-state index >= 15 is 0 Å². The highest BCUT2D eigenvalue weighted by molar-refractivity contribution is 7.10. The summed E-state index contributed by atoms with van der Waals surface area (Å²) in [4.78, 5) is 53.4. The molecule has 2 aromatic rings. The molecule has 1 atom stereocenters. The number of carbonyl (C=O) groups excluding carboxylic acids is 4. The second-order valence-electron chi connectivity index (χ2n) is 7.20. The molecule has 4 rings (SSSR count). The summed E-state index contributed by atoms with van der Waals surface area (Å²) in [5, 5.41) is 1.92. The van der Waals surface area contributed by atoms with Crippen LogP contribution >= 0.6 is 11.3 Å². The van der Waals surface area contributed by atoms with Gasteiger partial charge in [0.2, 0.25) is 5.91 Å². The molecule has 0 aliphatic carbocycles. The molecular weight excluding hydrogens is 422 g/mol. The predicted molar refractivity (Wildman–Crippen MR) is 111 cm³/mol. The Kier molecular flexibility index (Phi) is 5.40. The number of likely N-dealkylation sites (N-methyl/N-ethyl adjacent to an activating group) is 1. The molecule has 3 heterocycles. The molecule has 1 aromatic carbocycles. The summed E-state index contributed by atoms with van der Waals surface area (Å²) in [5.74, 6) is -1.18. The van der Waals surface area contributed by atoms with Crippen molar-refractivity contribution in [2.75, 3.05) is 34.4 Å². The van der Waals surface area contributed by atoms with Crippen molar-refractivity contribution in [3.63, 3.8) is 0 Å². The lowest BCUT2D eigenvalue weighted by Crippen LogP contribution is -2.47. The van der Waals surface area contributed by atoms with Crippen LogP contribution in [0.5, 0.6) is 11.5 Å². The highest BCUT2D eigenvalue weighted by Crippen LogP contribution is 2.42. The third kappa shape index (κ3) is 3.42. The van der Waals surface area contributed by atoms with E-state index in [1.807, 2.05) is 29.6 Å². The van der Waals surface area contributed by atoms with Crippen LogP contribution in [-0.4, -0.2) is 72.8 Å². The molecule has 31 heavy (non-hydrogen) atoms. The van der Waals surface area contributed by atoms with Gasteiger partial charge in [-0.2, -0.15) is 0 Å². The van der Waals surface area contributed by atoms with E-state index in [9.17, 15) is 19.2 Å². The smallest absolute Gasteiger partial charge is 0.334 e. The lowest BCUT2D eigenvalue weighted by Gasteiger charge is -2.38.